The van der Waals surface area contributed by atoms with Crippen LogP contribution in [0.4, 0.5) is 0 Å². The van der Waals surface area contributed by atoms with Gasteiger partial charge in [-0.3, -0.25) is 9.69 Å². The molecule has 0 aromatic heterocycles. The van der Waals surface area contributed by atoms with Gasteiger partial charge < -0.3 is 11.1 Å². The molecular weight excluding hydrogens is 262 g/mol. The lowest BCUT2D eigenvalue weighted by atomic mass is 9.87. The fourth-order valence-electron chi connectivity index (χ4n) is 3.65. The number of amides is 1. The van der Waals surface area contributed by atoms with Crippen molar-refractivity contribution in [2.75, 3.05) is 19.6 Å². The van der Waals surface area contributed by atoms with Crippen molar-refractivity contribution in [3.8, 4) is 0 Å². The van der Waals surface area contributed by atoms with E-state index in [0.29, 0.717) is 18.6 Å². The number of hydrogen-bond acceptors (Lipinski definition) is 3. The number of nitrogens with zero attached hydrogens (tertiary/aromatic N) is 1. The van der Waals surface area contributed by atoms with E-state index in [9.17, 15) is 4.79 Å². The standard InChI is InChI=1S/C17H25N3O/c18-17(21)12-20-9-7-15(8-10-20)19-16-6-5-13-3-1-2-4-14(13)11-16/h1-4,15-16,19H,5-12H2,(H2,18,21). The number of nitrogens with two attached hydrogens (primary N) is 1. The van der Waals surface area contributed by atoms with E-state index < -0.39 is 0 Å². The van der Waals surface area contributed by atoms with E-state index in [-0.39, 0.29) is 5.91 Å². The van der Waals surface area contributed by atoms with Gasteiger partial charge in [-0.25, -0.2) is 0 Å². The summed E-state index contributed by atoms with van der Waals surface area (Å²) in [6, 6.07) is 9.99. The number of carbonyl (C=O) groups is 1. The van der Waals surface area contributed by atoms with Crippen molar-refractivity contribution in [3.63, 3.8) is 0 Å². The van der Waals surface area contributed by atoms with Crippen molar-refractivity contribution in [1.82, 2.24) is 10.2 Å². The molecule has 1 amide bonds. The zero-order valence-electron chi connectivity index (χ0n) is 12.6. The predicted octanol–water partition coefficient (Wildman–Crippen LogP) is 1.08. The minimum atomic E-state index is -0.217. The van der Waals surface area contributed by atoms with E-state index in [1.807, 2.05) is 0 Å². The summed E-state index contributed by atoms with van der Waals surface area (Å²) in [5.74, 6) is -0.217. The van der Waals surface area contributed by atoms with E-state index in [2.05, 4.69) is 34.5 Å². The average molecular weight is 287 g/mol. The van der Waals surface area contributed by atoms with Gasteiger partial charge in [0.05, 0.1) is 6.54 Å². The molecule has 0 spiro atoms. The van der Waals surface area contributed by atoms with Crippen LogP contribution in [0.5, 0.6) is 0 Å². The maximum Gasteiger partial charge on any atom is 0.231 e. The molecule has 114 valence electrons. The number of likely N-dealkylation sites (tertiary alicyclic amines) is 1. The van der Waals surface area contributed by atoms with Gasteiger partial charge in [0, 0.05) is 25.2 Å². The Morgan fingerprint density at radius 3 is 2.57 bits per heavy atom. The van der Waals surface area contributed by atoms with E-state index in [0.717, 1.165) is 32.4 Å². The quantitative estimate of drug-likeness (QED) is 0.871. The number of nitrogens with one attached hydrogen (secondary N) is 1. The maximum absolute atomic E-state index is 10.9. The minimum absolute atomic E-state index is 0.217. The van der Waals surface area contributed by atoms with Gasteiger partial charge in [0.1, 0.15) is 0 Å². The summed E-state index contributed by atoms with van der Waals surface area (Å²) in [4.78, 5) is 13.1. The molecule has 1 atom stereocenters. The summed E-state index contributed by atoms with van der Waals surface area (Å²) in [7, 11) is 0. The molecule has 3 N–H and O–H groups in total. The molecule has 0 bridgehead atoms. The number of piperidine rings is 1. The van der Waals surface area contributed by atoms with Crippen LogP contribution in [0.2, 0.25) is 0 Å². The SMILES string of the molecule is NC(=O)CN1CCC(NC2CCc3ccccc3C2)CC1. The van der Waals surface area contributed by atoms with E-state index in [1.54, 1.807) is 0 Å². The van der Waals surface area contributed by atoms with Crippen molar-refractivity contribution >= 4 is 5.91 Å². The average Bonchev–Trinajstić information content (AvgIpc) is 2.49. The minimum Gasteiger partial charge on any atom is -0.369 e. The summed E-state index contributed by atoms with van der Waals surface area (Å²) >= 11 is 0. The lowest BCUT2D eigenvalue weighted by Crippen LogP contribution is -2.49. The van der Waals surface area contributed by atoms with Crippen molar-refractivity contribution in [2.24, 2.45) is 5.73 Å². The molecule has 2 aliphatic rings. The zero-order valence-corrected chi connectivity index (χ0v) is 12.6. The first-order chi connectivity index (χ1) is 10.2. The Kier molecular flexibility index (Phi) is 4.56. The lowest BCUT2D eigenvalue weighted by Gasteiger charge is -2.35. The first-order valence-electron chi connectivity index (χ1n) is 8.04. The highest BCUT2D eigenvalue weighted by atomic mass is 16.1. The molecule has 1 aromatic carbocycles. The first kappa shape index (κ1) is 14.5. The number of hydrogen-bond donors (Lipinski definition) is 2. The number of fused-ring (bicyclic) bond motifs is 1. The van der Waals surface area contributed by atoms with Crippen LogP contribution in [-0.4, -0.2) is 42.5 Å². The van der Waals surface area contributed by atoms with E-state index >= 15 is 0 Å². The fraction of sp³-hybridized carbons (Fsp3) is 0.588. The van der Waals surface area contributed by atoms with Gasteiger partial charge in [-0.1, -0.05) is 24.3 Å². The molecule has 1 aromatic rings. The first-order valence-corrected chi connectivity index (χ1v) is 8.04. The van der Waals surface area contributed by atoms with Crippen LogP contribution in [0.15, 0.2) is 24.3 Å². The topological polar surface area (TPSA) is 58.4 Å². The summed E-state index contributed by atoms with van der Waals surface area (Å²) in [5, 5.41) is 3.83. The third-order valence-corrected chi connectivity index (χ3v) is 4.79. The van der Waals surface area contributed by atoms with Crippen LogP contribution in [0.3, 0.4) is 0 Å². The molecule has 0 radical (unpaired) electrons. The highest BCUT2D eigenvalue weighted by molar-refractivity contribution is 5.75. The monoisotopic (exact) mass is 287 g/mol. The second kappa shape index (κ2) is 6.58. The Balaban J connectivity index is 1.47. The Hall–Kier alpha value is -1.39. The van der Waals surface area contributed by atoms with Gasteiger partial charge in [0.15, 0.2) is 0 Å². The van der Waals surface area contributed by atoms with Crippen LogP contribution < -0.4 is 11.1 Å². The van der Waals surface area contributed by atoms with E-state index in [4.69, 9.17) is 5.73 Å². The molecular formula is C17H25N3O. The largest absolute Gasteiger partial charge is 0.369 e. The highest BCUT2D eigenvalue weighted by Gasteiger charge is 2.24. The summed E-state index contributed by atoms with van der Waals surface area (Å²) in [6.45, 7) is 2.36. The van der Waals surface area contributed by atoms with Gasteiger partial charge in [-0.2, -0.15) is 0 Å². The molecule has 1 aliphatic carbocycles. The Morgan fingerprint density at radius 1 is 1.14 bits per heavy atom. The number of primary amides is 1. The molecule has 1 saturated heterocycles. The highest BCUT2D eigenvalue weighted by Crippen LogP contribution is 2.22. The third-order valence-electron chi connectivity index (χ3n) is 4.79. The van der Waals surface area contributed by atoms with E-state index in [1.165, 1.54) is 24.0 Å². The zero-order chi connectivity index (χ0) is 14.7. The second-order valence-electron chi connectivity index (χ2n) is 6.39. The number of rotatable bonds is 4. The maximum atomic E-state index is 10.9. The van der Waals surface area contributed by atoms with Crippen molar-refractivity contribution in [1.29, 1.82) is 0 Å². The van der Waals surface area contributed by atoms with Crippen LogP contribution >= 0.6 is 0 Å². The second-order valence-corrected chi connectivity index (χ2v) is 6.39. The molecule has 1 unspecified atom stereocenters. The van der Waals surface area contributed by atoms with Gasteiger partial charge in [0.2, 0.25) is 5.91 Å². The van der Waals surface area contributed by atoms with Crippen LogP contribution in [0, 0.1) is 0 Å². The summed E-state index contributed by atoms with van der Waals surface area (Å²) in [6.07, 6.45) is 5.81. The molecule has 3 rings (SSSR count). The van der Waals surface area contributed by atoms with Gasteiger partial charge >= 0.3 is 0 Å². The molecule has 4 heteroatoms. The van der Waals surface area contributed by atoms with Gasteiger partial charge in [-0.15, -0.1) is 0 Å². The van der Waals surface area contributed by atoms with Crippen molar-refractivity contribution in [2.45, 2.75) is 44.2 Å². The molecule has 1 heterocycles. The van der Waals surface area contributed by atoms with Crippen molar-refractivity contribution in [3.05, 3.63) is 35.4 Å². The summed E-state index contributed by atoms with van der Waals surface area (Å²) < 4.78 is 0. The van der Waals surface area contributed by atoms with Crippen LogP contribution in [0.1, 0.15) is 30.4 Å². The molecule has 21 heavy (non-hydrogen) atoms. The van der Waals surface area contributed by atoms with Gasteiger partial charge in [-0.05, 0) is 43.2 Å². The molecule has 1 aliphatic heterocycles. The third kappa shape index (κ3) is 3.83. The number of carbonyl (C=O) groups excluding carboxylic acids is 1. The Morgan fingerprint density at radius 2 is 1.86 bits per heavy atom. The smallest absolute Gasteiger partial charge is 0.231 e. The lowest BCUT2D eigenvalue weighted by molar-refractivity contribution is -0.119. The predicted molar refractivity (Wildman–Crippen MR) is 84.0 cm³/mol. The fourth-order valence-corrected chi connectivity index (χ4v) is 3.65. The number of benzene rings is 1. The van der Waals surface area contributed by atoms with Crippen LogP contribution in [-0.2, 0) is 17.6 Å². The molecule has 4 nitrogen and oxygen atoms in total. The normalized spacial score (nSPS) is 23.7. The molecule has 0 saturated carbocycles. The number of aryl methyl sites for hydroxylation is 1. The van der Waals surface area contributed by atoms with Gasteiger partial charge in [0.25, 0.3) is 0 Å². The summed E-state index contributed by atoms with van der Waals surface area (Å²) in [5.41, 5.74) is 8.28. The molecule has 1 fully saturated rings. The van der Waals surface area contributed by atoms with Crippen LogP contribution in [0.25, 0.3) is 0 Å². The Bertz CT molecular complexity index is 495. The Labute approximate surface area is 126 Å². The van der Waals surface area contributed by atoms with Crippen molar-refractivity contribution < 1.29 is 4.79 Å².